The molecule has 1 heterocycles. The first-order valence-electron chi connectivity index (χ1n) is 6.04. The summed E-state index contributed by atoms with van der Waals surface area (Å²) in [4.78, 5) is 11.8. The lowest BCUT2D eigenvalue weighted by molar-refractivity contribution is 0.0946. The number of rotatable bonds is 4. The molecule has 0 spiro atoms. The second-order valence-electron chi connectivity index (χ2n) is 3.91. The van der Waals surface area contributed by atoms with Gasteiger partial charge < -0.3 is 10.4 Å². The van der Waals surface area contributed by atoms with Crippen LogP contribution in [0.2, 0.25) is 0 Å². The van der Waals surface area contributed by atoms with Crippen molar-refractivity contribution in [2.45, 2.75) is 13.0 Å². The quantitative estimate of drug-likeness (QED) is 0.829. The number of nitrogens with one attached hydrogen (secondary N) is 1. The summed E-state index contributed by atoms with van der Waals surface area (Å²) in [5.74, 6) is 5.61. The number of benzene rings is 1. The van der Waals surface area contributed by atoms with E-state index in [0.29, 0.717) is 18.7 Å². The predicted molar refractivity (Wildman–Crippen MR) is 76.1 cm³/mol. The molecule has 1 aromatic carbocycles. The predicted octanol–water partition coefficient (Wildman–Crippen LogP) is 1.20. The molecular weight excluding hydrogens is 274 g/mol. The Balaban J connectivity index is 2.03. The Kier molecular flexibility index (Phi) is 5.24. The average Bonchev–Trinajstić information content (AvgIpc) is 3.00. The van der Waals surface area contributed by atoms with Gasteiger partial charge in [-0.2, -0.15) is 0 Å². The zero-order valence-corrected chi connectivity index (χ0v) is 11.5. The van der Waals surface area contributed by atoms with Gasteiger partial charge in [0.25, 0.3) is 5.91 Å². The fourth-order valence-electron chi connectivity index (χ4n) is 1.54. The molecule has 1 aromatic heterocycles. The topological polar surface area (TPSA) is 75.1 Å². The van der Waals surface area contributed by atoms with Crippen molar-refractivity contribution in [1.82, 2.24) is 14.9 Å². The summed E-state index contributed by atoms with van der Waals surface area (Å²) in [6.45, 7) is 0.420. The molecule has 0 unspecified atom stereocenters. The maximum atomic E-state index is 11.8. The summed E-state index contributed by atoms with van der Waals surface area (Å²) in [6.07, 6.45) is 0.436. The first-order chi connectivity index (χ1) is 9.81. The second-order valence-corrected chi connectivity index (χ2v) is 4.52. The molecule has 0 aliphatic carbocycles. The standard InChI is InChI=1S/C14H13N3O2S/c18-8-4-3-6-11-5-1-2-7-12(11)9-15-14(19)13-10-20-17-16-13/h1-2,5,7,10,18H,4,8-9H2,(H,15,19). The second kappa shape index (κ2) is 7.38. The van der Waals surface area contributed by atoms with Crippen molar-refractivity contribution in [1.29, 1.82) is 0 Å². The molecule has 0 saturated carbocycles. The van der Waals surface area contributed by atoms with E-state index in [-0.39, 0.29) is 12.5 Å². The molecule has 0 atom stereocenters. The number of amides is 1. The van der Waals surface area contributed by atoms with E-state index in [1.165, 1.54) is 0 Å². The van der Waals surface area contributed by atoms with E-state index in [0.717, 1.165) is 22.7 Å². The third kappa shape index (κ3) is 3.88. The zero-order chi connectivity index (χ0) is 14.2. The highest BCUT2D eigenvalue weighted by molar-refractivity contribution is 7.03. The first kappa shape index (κ1) is 14.2. The third-order valence-electron chi connectivity index (χ3n) is 2.51. The molecule has 102 valence electrons. The van der Waals surface area contributed by atoms with Crippen molar-refractivity contribution in [3.05, 3.63) is 46.5 Å². The first-order valence-corrected chi connectivity index (χ1v) is 6.88. The number of hydrogen-bond donors (Lipinski definition) is 2. The number of carbonyl (C=O) groups excluding carboxylic acids is 1. The van der Waals surface area contributed by atoms with Gasteiger partial charge in [-0.1, -0.05) is 34.5 Å². The average molecular weight is 287 g/mol. The molecule has 1 amide bonds. The van der Waals surface area contributed by atoms with Crippen LogP contribution in [0.25, 0.3) is 0 Å². The normalized spacial score (nSPS) is 9.65. The van der Waals surface area contributed by atoms with Crippen LogP contribution in [0.4, 0.5) is 0 Å². The van der Waals surface area contributed by atoms with E-state index in [1.54, 1.807) is 5.38 Å². The Labute approximate surface area is 120 Å². The van der Waals surface area contributed by atoms with Crippen LogP contribution in [-0.4, -0.2) is 27.2 Å². The maximum Gasteiger partial charge on any atom is 0.273 e. The van der Waals surface area contributed by atoms with Gasteiger partial charge >= 0.3 is 0 Å². The lowest BCUT2D eigenvalue weighted by atomic mass is 10.1. The molecule has 2 N–H and O–H groups in total. The zero-order valence-electron chi connectivity index (χ0n) is 10.7. The Morgan fingerprint density at radius 2 is 2.25 bits per heavy atom. The number of aromatic nitrogens is 2. The highest BCUT2D eigenvalue weighted by Crippen LogP contribution is 2.07. The molecule has 6 heteroatoms. The van der Waals surface area contributed by atoms with Crippen LogP contribution in [0.1, 0.15) is 28.0 Å². The lowest BCUT2D eigenvalue weighted by Gasteiger charge is -2.05. The van der Waals surface area contributed by atoms with Gasteiger partial charge in [0, 0.05) is 23.9 Å². The van der Waals surface area contributed by atoms with Crippen LogP contribution in [0, 0.1) is 11.8 Å². The van der Waals surface area contributed by atoms with E-state index in [2.05, 4.69) is 26.7 Å². The van der Waals surface area contributed by atoms with Gasteiger partial charge in [0.05, 0.1) is 6.61 Å². The van der Waals surface area contributed by atoms with Crippen LogP contribution in [0.3, 0.4) is 0 Å². The number of nitrogens with zero attached hydrogens (tertiary/aromatic N) is 2. The Morgan fingerprint density at radius 1 is 1.40 bits per heavy atom. The van der Waals surface area contributed by atoms with Crippen molar-refractivity contribution in [3.8, 4) is 11.8 Å². The summed E-state index contributed by atoms with van der Waals surface area (Å²) in [5, 5.41) is 16.8. The number of carbonyl (C=O) groups is 1. The van der Waals surface area contributed by atoms with E-state index < -0.39 is 0 Å². The summed E-state index contributed by atoms with van der Waals surface area (Å²) in [7, 11) is 0. The summed E-state index contributed by atoms with van der Waals surface area (Å²) >= 11 is 1.14. The van der Waals surface area contributed by atoms with E-state index in [9.17, 15) is 4.79 Å². The maximum absolute atomic E-state index is 11.8. The highest BCUT2D eigenvalue weighted by atomic mass is 32.1. The van der Waals surface area contributed by atoms with Crippen molar-refractivity contribution >= 4 is 17.4 Å². The number of hydrogen-bond acceptors (Lipinski definition) is 5. The summed E-state index contributed by atoms with van der Waals surface area (Å²) < 4.78 is 3.65. The molecule has 0 aliphatic heterocycles. The Bertz CT molecular complexity index is 629. The van der Waals surface area contributed by atoms with Crippen molar-refractivity contribution < 1.29 is 9.90 Å². The molecule has 2 rings (SSSR count). The van der Waals surface area contributed by atoms with Crippen LogP contribution >= 0.6 is 11.5 Å². The number of aliphatic hydroxyl groups is 1. The van der Waals surface area contributed by atoms with Gasteiger partial charge in [-0.3, -0.25) is 4.79 Å². The minimum atomic E-state index is -0.253. The van der Waals surface area contributed by atoms with Crippen molar-refractivity contribution in [2.24, 2.45) is 0 Å². The third-order valence-corrected chi connectivity index (χ3v) is 3.01. The fourth-order valence-corrected chi connectivity index (χ4v) is 1.98. The van der Waals surface area contributed by atoms with E-state index in [4.69, 9.17) is 5.11 Å². The summed E-state index contributed by atoms with van der Waals surface area (Å²) in [6, 6.07) is 7.57. The van der Waals surface area contributed by atoms with Crippen LogP contribution in [0.5, 0.6) is 0 Å². The molecule has 5 nitrogen and oxygen atoms in total. The Hall–Kier alpha value is -2.23. The molecular formula is C14H13N3O2S. The molecule has 20 heavy (non-hydrogen) atoms. The molecule has 0 fully saturated rings. The van der Waals surface area contributed by atoms with Gasteiger partial charge in [0.2, 0.25) is 0 Å². The largest absolute Gasteiger partial charge is 0.395 e. The van der Waals surface area contributed by atoms with Gasteiger partial charge in [-0.15, -0.1) is 5.10 Å². The number of aliphatic hydroxyl groups excluding tert-OH is 1. The van der Waals surface area contributed by atoms with Gasteiger partial charge in [0.15, 0.2) is 5.69 Å². The van der Waals surface area contributed by atoms with E-state index >= 15 is 0 Å². The van der Waals surface area contributed by atoms with Crippen LogP contribution < -0.4 is 5.32 Å². The monoisotopic (exact) mass is 287 g/mol. The molecule has 0 saturated heterocycles. The minimum absolute atomic E-state index is 0.0444. The van der Waals surface area contributed by atoms with Crippen LogP contribution in [0.15, 0.2) is 29.6 Å². The SMILES string of the molecule is O=C(NCc1ccccc1C#CCCO)c1csnn1. The van der Waals surface area contributed by atoms with Crippen molar-refractivity contribution in [2.75, 3.05) is 6.61 Å². The molecule has 0 radical (unpaired) electrons. The fraction of sp³-hybridized carbons (Fsp3) is 0.214. The highest BCUT2D eigenvalue weighted by Gasteiger charge is 2.08. The lowest BCUT2D eigenvalue weighted by Crippen LogP contribution is -2.23. The molecule has 0 bridgehead atoms. The van der Waals surface area contributed by atoms with Crippen molar-refractivity contribution in [3.63, 3.8) is 0 Å². The van der Waals surface area contributed by atoms with Gasteiger partial charge in [-0.25, -0.2) is 0 Å². The van der Waals surface area contributed by atoms with E-state index in [1.807, 2.05) is 24.3 Å². The molecule has 2 aromatic rings. The Morgan fingerprint density at radius 3 is 3.00 bits per heavy atom. The van der Waals surface area contributed by atoms with Crippen LogP contribution in [-0.2, 0) is 6.54 Å². The van der Waals surface area contributed by atoms with Gasteiger partial charge in [-0.05, 0) is 23.2 Å². The smallest absolute Gasteiger partial charge is 0.273 e. The molecule has 0 aliphatic rings. The van der Waals surface area contributed by atoms with Gasteiger partial charge in [0.1, 0.15) is 0 Å². The summed E-state index contributed by atoms with van der Waals surface area (Å²) in [5.41, 5.74) is 2.09. The minimum Gasteiger partial charge on any atom is -0.395 e.